The van der Waals surface area contributed by atoms with Crippen LogP contribution in [-0.4, -0.2) is 36.1 Å². The first-order valence-electron chi connectivity index (χ1n) is 14.4. The number of amides is 1. The van der Waals surface area contributed by atoms with Crippen LogP contribution in [0, 0.1) is 23.1 Å². The lowest BCUT2D eigenvalue weighted by Gasteiger charge is -2.52. The molecule has 3 aromatic rings. The molecular formula is C30H30ClF4N5O3. The Morgan fingerprint density at radius 3 is 2.42 bits per heavy atom. The Morgan fingerprint density at radius 1 is 1.14 bits per heavy atom. The number of anilines is 1. The van der Waals surface area contributed by atoms with E-state index in [-0.39, 0.29) is 58.4 Å². The minimum Gasteiger partial charge on any atom is -0.385 e. The summed E-state index contributed by atoms with van der Waals surface area (Å²) in [5, 5.41) is 18.2. The van der Waals surface area contributed by atoms with E-state index in [0.29, 0.717) is 55.6 Å². The van der Waals surface area contributed by atoms with Gasteiger partial charge in [0.25, 0.3) is 5.91 Å². The Kier molecular flexibility index (Phi) is 6.38. The number of aliphatic hydroxyl groups is 1. The lowest BCUT2D eigenvalue weighted by atomic mass is 9.53. The molecule has 2 N–H and O–H groups in total. The number of hydrogen-bond donors (Lipinski definition) is 2. The molecule has 0 bridgehead atoms. The smallest absolute Gasteiger partial charge is 0.385 e. The third-order valence-corrected chi connectivity index (χ3v) is 10.4. The van der Waals surface area contributed by atoms with Gasteiger partial charge in [0.1, 0.15) is 17.3 Å². The highest BCUT2D eigenvalue weighted by Crippen LogP contribution is 2.60. The Morgan fingerprint density at radius 2 is 1.81 bits per heavy atom. The fourth-order valence-corrected chi connectivity index (χ4v) is 8.40. The number of benzene rings is 1. The molecule has 4 aliphatic carbocycles. The summed E-state index contributed by atoms with van der Waals surface area (Å²) in [7, 11) is 1.70. The molecule has 7 rings (SSSR count). The van der Waals surface area contributed by atoms with E-state index in [4.69, 9.17) is 11.6 Å². The van der Waals surface area contributed by atoms with Crippen molar-refractivity contribution in [2.45, 2.75) is 75.1 Å². The molecule has 2 heterocycles. The van der Waals surface area contributed by atoms with Crippen LogP contribution in [0.15, 0.2) is 30.7 Å². The van der Waals surface area contributed by atoms with Gasteiger partial charge in [-0.15, -0.1) is 0 Å². The van der Waals surface area contributed by atoms with Crippen LogP contribution in [0.1, 0.15) is 90.8 Å². The number of imidazole rings is 1. The van der Waals surface area contributed by atoms with Crippen LogP contribution in [-0.2, 0) is 23.6 Å². The summed E-state index contributed by atoms with van der Waals surface area (Å²) in [6.45, 7) is 0. The molecule has 2 unspecified atom stereocenters. The van der Waals surface area contributed by atoms with Crippen LogP contribution in [0.25, 0.3) is 0 Å². The molecular weight excluding hydrogens is 590 g/mol. The molecule has 1 amide bonds. The topological polar surface area (TPSA) is 102 Å². The summed E-state index contributed by atoms with van der Waals surface area (Å²) in [4.78, 5) is 29.2. The number of nitrogens with zero attached hydrogens (tertiary/aromatic N) is 4. The summed E-state index contributed by atoms with van der Waals surface area (Å²) in [6.07, 6.45) is 1.88. The Balaban J connectivity index is 1.08. The maximum atomic E-state index is 14.1. The number of aryl methyl sites for hydroxylation is 1. The first kappa shape index (κ1) is 28.5. The lowest BCUT2D eigenvalue weighted by Crippen LogP contribution is -2.48. The molecule has 0 radical (unpaired) electrons. The molecule has 4 aliphatic rings. The first-order valence-corrected chi connectivity index (χ1v) is 14.8. The van der Waals surface area contributed by atoms with Crippen molar-refractivity contribution in [2.75, 3.05) is 5.32 Å². The SMILES string of the molecule is Cn1cnc(C2CC3CC(O)(c4cn(C5CC6(CC(=O)C6)C5)nc4C(F)(F)F)CC3C2)c1C(=O)Nc1ccc(F)c(Cl)c1. The molecule has 0 aliphatic heterocycles. The van der Waals surface area contributed by atoms with E-state index in [1.807, 2.05) is 0 Å². The Hall–Kier alpha value is -3.25. The standard InChI is InChI=1S/C30H30ClF4N5O3/c1-39-14-36-24(25(39)27(42)37-18-2-3-23(32)22(31)6-18)15-4-16-7-29(43,8-17(16)5-15)21-13-40(38-26(21)30(33,34)35)19-9-28(10-19)11-20(41)12-28/h2-3,6,13-17,19,43H,4-5,7-12H2,1H3,(H,37,42). The van der Waals surface area contributed by atoms with Crippen LogP contribution in [0.5, 0.6) is 0 Å². The van der Waals surface area contributed by atoms with Gasteiger partial charge in [-0.3, -0.25) is 14.3 Å². The average molecular weight is 620 g/mol. The third kappa shape index (κ3) is 4.77. The predicted octanol–water partition coefficient (Wildman–Crippen LogP) is 6.16. The number of alkyl halides is 3. The van der Waals surface area contributed by atoms with Crippen molar-refractivity contribution in [3.63, 3.8) is 0 Å². The van der Waals surface area contributed by atoms with Gasteiger partial charge < -0.3 is 15.0 Å². The minimum atomic E-state index is -4.71. The zero-order chi connectivity index (χ0) is 30.5. The quantitative estimate of drug-likeness (QED) is 0.333. The van der Waals surface area contributed by atoms with Gasteiger partial charge in [0.15, 0.2) is 5.69 Å². The number of nitrogens with one attached hydrogen (secondary N) is 1. The van der Waals surface area contributed by atoms with E-state index in [1.165, 1.54) is 23.0 Å². The molecule has 1 spiro atoms. The fourth-order valence-electron chi connectivity index (χ4n) is 8.22. The molecule has 2 aromatic heterocycles. The maximum Gasteiger partial charge on any atom is 0.435 e. The maximum absolute atomic E-state index is 14.1. The monoisotopic (exact) mass is 619 g/mol. The highest BCUT2D eigenvalue weighted by atomic mass is 35.5. The third-order valence-electron chi connectivity index (χ3n) is 10.1. The summed E-state index contributed by atoms with van der Waals surface area (Å²) in [5.41, 5.74) is -1.71. The largest absolute Gasteiger partial charge is 0.435 e. The van der Waals surface area contributed by atoms with E-state index in [1.54, 1.807) is 17.9 Å². The van der Waals surface area contributed by atoms with E-state index in [0.717, 1.165) is 6.07 Å². The van der Waals surface area contributed by atoms with Crippen molar-refractivity contribution in [3.8, 4) is 0 Å². The molecule has 13 heteroatoms. The number of ketones is 1. The van der Waals surface area contributed by atoms with Crippen LogP contribution in [0.4, 0.5) is 23.2 Å². The summed E-state index contributed by atoms with van der Waals surface area (Å²) >= 11 is 5.85. The minimum absolute atomic E-state index is 0.0544. The number of carbonyl (C=O) groups excluding carboxylic acids is 2. The lowest BCUT2D eigenvalue weighted by molar-refractivity contribution is -0.145. The van der Waals surface area contributed by atoms with Gasteiger partial charge in [0.05, 0.1) is 28.7 Å². The van der Waals surface area contributed by atoms with Gasteiger partial charge in [-0.25, -0.2) is 9.37 Å². The highest BCUT2D eigenvalue weighted by molar-refractivity contribution is 6.31. The van der Waals surface area contributed by atoms with Crippen LogP contribution >= 0.6 is 11.6 Å². The van der Waals surface area contributed by atoms with Crippen molar-refractivity contribution in [1.29, 1.82) is 0 Å². The summed E-state index contributed by atoms with van der Waals surface area (Å²) in [5.74, 6) is -1.06. The van der Waals surface area contributed by atoms with Gasteiger partial charge in [-0.1, -0.05) is 11.6 Å². The van der Waals surface area contributed by atoms with E-state index in [9.17, 15) is 32.3 Å². The number of aromatic nitrogens is 4. The van der Waals surface area contributed by atoms with E-state index < -0.39 is 29.2 Å². The van der Waals surface area contributed by atoms with E-state index in [2.05, 4.69) is 15.4 Å². The Bertz CT molecular complexity index is 1620. The van der Waals surface area contributed by atoms with Gasteiger partial charge in [-0.05, 0) is 74.0 Å². The molecule has 8 nitrogen and oxygen atoms in total. The molecule has 4 fully saturated rings. The zero-order valence-electron chi connectivity index (χ0n) is 23.3. The predicted molar refractivity (Wildman–Crippen MR) is 147 cm³/mol. The molecule has 0 saturated heterocycles. The average Bonchev–Trinajstić information content (AvgIpc) is 3.64. The number of halogens is 5. The summed E-state index contributed by atoms with van der Waals surface area (Å²) < 4.78 is 58.9. The second kappa shape index (κ2) is 9.62. The van der Waals surface area contributed by atoms with E-state index >= 15 is 0 Å². The number of rotatable bonds is 5. The number of carbonyl (C=O) groups is 2. The fraction of sp³-hybridized carbons (Fsp3) is 0.533. The van der Waals surface area contributed by atoms with Crippen LogP contribution < -0.4 is 5.32 Å². The molecule has 1 aromatic carbocycles. The van der Waals surface area contributed by atoms with Crippen molar-refractivity contribution < 1.29 is 32.3 Å². The molecule has 4 saturated carbocycles. The second-order valence-corrected chi connectivity index (χ2v) is 13.5. The molecule has 43 heavy (non-hydrogen) atoms. The number of fused-ring (bicyclic) bond motifs is 1. The number of Topliss-reactive ketones (excluding diaryl/α,β-unsaturated/α-hetero) is 1. The van der Waals surface area contributed by atoms with Gasteiger partial charge in [0, 0.05) is 43.3 Å². The van der Waals surface area contributed by atoms with Gasteiger partial charge in [-0.2, -0.15) is 18.3 Å². The highest BCUT2D eigenvalue weighted by Gasteiger charge is 2.56. The molecule has 2 atom stereocenters. The molecule has 228 valence electrons. The van der Waals surface area contributed by atoms with Crippen molar-refractivity contribution in [3.05, 3.63) is 64.2 Å². The van der Waals surface area contributed by atoms with Crippen molar-refractivity contribution >= 4 is 29.0 Å². The second-order valence-electron chi connectivity index (χ2n) is 13.1. The van der Waals surface area contributed by atoms with Gasteiger partial charge >= 0.3 is 6.18 Å². The Labute approximate surface area is 249 Å². The van der Waals surface area contributed by atoms with Crippen LogP contribution in [0.2, 0.25) is 5.02 Å². The van der Waals surface area contributed by atoms with Gasteiger partial charge in [0.2, 0.25) is 0 Å². The number of hydrogen-bond acceptors (Lipinski definition) is 5. The van der Waals surface area contributed by atoms with Crippen molar-refractivity contribution in [1.82, 2.24) is 19.3 Å². The van der Waals surface area contributed by atoms with Crippen LogP contribution in [0.3, 0.4) is 0 Å². The normalized spacial score (nSPS) is 28.2. The van der Waals surface area contributed by atoms with Crippen molar-refractivity contribution in [2.24, 2.45) is 24.3 Å². The first-order chi connectivity index (χ1) is 20.2. The zero-order valence-corrected chi connectivity index (χ0v) is 24.1. The summed E-state index contributed by atoms with van der Waals surface area (Å²) in [6, 6.07) is 3.68.